The van der Waals surface area contributed by atoms with Crippen LogP contribution in [0.4, 0.5) is 11.5 Å². The molecule has 0 radical (unpaired) electrons. The number of aromatic nitrogens is 2. The molecule has 1 fully saturated rings. The average molecular weight is 346 g/mol. The quantitative estimate of drug-likeness (QED) is 0.923. The molecule has 2 aromatic rings. The lowest BCUT2D eigenvalue weighted by atomic mass is 10.2. The van der Waals surface area contributed by atoms with Gasteiger partial charge in [-0.05, 0) is 42.9 Å². The number of benzene rings is 1. The maximum Gasteiger partial charge on any atom is 0.274 e. The monoisotopic (exact) mass is 345 g/mol. The van der Waals surface area contributed by atoms with E-state index in [1.54, 1.807) is 24.3 Å². The molecule has 0 aliphatic carbocycles. The summed E-state index contributed by atoms with van der Waals surface area (Å²) in [6.45, 7) is 6.44. The topological polar surface area (TPSA) is 61.4 Å². The van der Waals surface area contributed by atoms with Crippen LogP contribution in [0.3, 0.4) is 0 Å². The van der Waals surface area contributed by atoms with Crippen molar-refractivity contribution in [1.29, 1.82) is 0 Å². The molecule has 1 N–H and O–H groups in total. The molecule has 0 bridgehead atoms. The lowest BCUT2D eigenvalue weighted by Gasteiger charge is -2.33. The van der Waals surface area contributed by atoms with Crippen molar-refractivity contribution < 1.29 is 4.79 Å². The maximum atomic E-state index is 12.5. The number of carbonyl (C=O) groups excluding carboxylic acids is 1. The van der Waals surface area contributed by atoms with Gasteiger partial charge in [-0.2, -0.15) is 0 Å². The highest BCUT2D eigenvalue weighted by Gasteiger charge is 2.22. The van der Waals surface area contributed by atoms with Crippen LogP contribution in [0.1, 0.15) is 17.4 Å². The van der Waals surface area contributed by atoms with Crippen molar-refractivity contribution in [2.75, 3.05) is 38.0 Å². The second-order valence-corrected chi connectivity index (χ2v) is 6.10. The van der Waals surface area contributed by atoms with Crippen LogP contribution in [0, 0.1) is 0 Å². The Balaban J connectivity index is 1.61. The molecule has 1 amide bonds. The molecule has 0 saturated carbocycles. The Labute approximate surface area is 146 Å². The number of amides is 1. The van der Waals surface area contributed by atoms with Gasteiger partial charge in [0.1, 0.15) is 0 Å². The van der Waals surface area contributed by atoms with E-state index in [2.05, 4.69) is 27.3 Å². The molecular weight excluding hydrogens is 326 g/mol. The van der Waals surface area contributed by atoms with Crippen molar-refractivity contribution in [2.45, 2.75) is 6.92 Å². The summed E-state index contributed by atoms with van der Waals surface area (Å²) in [5.74, 6) is 0.529. The van der Waals surface area contributed by atoms with Crippen molar-refractivity contribution in [3.05, 3.63) is 47.1 Å². The summed E-state index contributed by atoms with van der Waals surface area (Å²) in [6, 6.07) is 10.8. The first-order chi connectivity index (χ1) is 11.7. The fourth-order valence-corrected chi connectivity index (χ4v) is 2.75. The van der Waals surface area contributed by atoms with Gasteiger partial charge in [0.2, 0.25) is 0 Å². The zero-order valence-electron chi connectivity index (χ0n) is 13.6. The Hall–Kier alpha value is -2.18. The fraction of sp³-hybridized carbons (Fsp3) is 0.353. The number of piperazine rings is 1. The highest BCUT2D eigenvalue weighted by molar-refractivity contribution is 6.30. The van der Waals surface area contributed by atoms with Crippen molar-refractivity contribution >= 4 is 29.0 Å². The van der Waals surface area contributed by atoms with Gasteiger partial charge in [0.15, 0.2) is 11.5 Å². The number of nitrogens with zero attached hydrogens (tertiary/aromatic N) is 4. The number of anilines is 2. The molecule has 6 nitrogen and oxygen atoms in total. The van der Waals surface area contributed by atoms with Crippen LogP contribution in [-0.2, 0) is 0 Å². The summed E-state index contributed by atoms with van der Waals surface area (Å²) >= 11 is 5.86. The second kappa shape index (κ2) is 7.59. The zero-order valence-corrected chi connectivity index (χ0v) is 14.3. The van der Waals surface area contributed by atoms with Gasteiger partial charge in [-0.3, -0.25) is 4.79 Å². The van der Waals surface area contributed by atoms with Gasteiger partial charge < -0.3 is 15.1 Å². The van der Waals surface area contributed by atoms with E-state index in [9.17, 15) is 4.79 Å². The molecule has 126 valence electrons. The van der Waals surface area contributed by atoms with Gasteiger partial charge in [-0.1, -0.05) is 18.5 Å². The Kier molecular flexibility index (Phi) is 5.27. The van der Waals surface area contributed by atoms with Crippen LogP contribution in [0.5, 0.6) is 0 Å². The minimum absolute atomic E-state index is 0.0590. The molecule has 2 heterocycles. The molecule has 0 unspecified atom stereocenters. The molecule has 24 heavy (non-hydrogen) atoms. The number of rotatable bonds is 4. The molecule has 1 aliphatic heterocycles. The third kappa shape index (κ3) is 4.01. The van der Waals surface area contributed by atoms with Crippen LogP contribution < -0.4 is 5.32 Å². The molecule has 3 rings (SSSR count). The van der Waals surface area contributed by atoms with E-state index in [1.807, 2.05) is 17.0 Å². The first kappa shape index (κ1) is 16.7. The number of carbonyl (C=O) groups is 1. The number of likely N-dealkylation sites (N-methyl/N-ethyl adjacent to an activating group) is 1. The lowest BCUT2D eigenvalue weighted by Crippen LogP contribution is -2.48. The zero-order chi connectivity index (χ0) is 16.9. The van der Waals surface area contributed by atoms with E-state index in [1.165, 1.54) is 0 Å². The lowest BCUT2D eigenvalue weighted by molar-refractivity contribution is 0.0636. The van der Waals surface area contributed by atoms with E-state index in [0.29, 0.717) is 16.5 Å². The fourth-order valence-electron chi connectivity index (χ4n) is 2.62. The van der Waals surface area contributed by atoms with Gasteiger partial charge >= 0.3 is 0 Å². The summed E-state index contributed by atoms with van der Waals surface area (Å²) in [6.07, 6.45) is 0. The number of halogens is 1. The van der Waals surface area contributed by atoms with Crippen molar-refractivity contribution in [1.82, 2.24) is 20.0 Å². The Morgan fingerprint density at radius 2 is 1.79 bits per heavy atom. The Bertz CT molecular complexity index is 681. The molecule has 1 aromatic heterocycles. The molecule has 1 aliphatic rings. The molecule has 7 heteroatoms. The molecular formula is C17H20ClN5O. The third-order valence-corrected chi connectivity index (χ3v) is 4.36. The normalized spacial score (nSPS) is 15.3. The summed E-state index contributed by atoms with van der Waals surface area (Å²) in [4.78, 5) is 16.6. The number of hydrogen-bond acceptors (Lipinski definition) is 5. The van der Waals surface area contributed by atoms with E-state index in [-0.39, 0.29) is 5.91 Å². The summed E-state index contributed by atoms with van der Waals surface area (Å²) in [5.41, 5.74) is 1.24. The van der Waals surface area contributed by atoms with E-state index in [4.69, 9.17) is 11.6 Å². The van der Waals surface area contributed by atoms with Gasteiger partial charge in [0.05, 0.1) is 0 Å². The average Bonchev–Trinajstić information content (AvgIpc) is 2.64. The Morgan fingerprint density at radius 3 is 2.38 bits per heavy atom. The second-order valence-electron chi connectivity index (χ2n) is 5.66. The van der Waals surface area contributed by atoms with Gasteiger partial charge in [-0.25, -0.2) is 0 Å². The van der Waals surface area contributed by atoms with E-state index < -0.39 is 0 Å². The minimum atomic E-state index is -0.0590. The van der Waals surface area contributed by atoms with Crippen molar-refractivity contribution in [2.24, 2.45) is 0 Å². The number of nitrogens with one attached hydrogen (secondary N) is 1. The molecule has 1 saturated heterocycles. The summed E-state index contributed by atoms with van der Waals surface area (Å²) in [5, 5.41) is 12.0. The maximum absolute atomic E-state index is 12.5. The molecule has 1 aromatic carbocycles. The van der Waals surface area contributed by atoms with Crippen LogP contribution in [-0.4, -0.2) is 58.6 Å². The van der Waals surface area contributed by atoms with E-state index >= 15 is 0 Å². The van der Waals surface area contributed by atoms with Gasteiger partial charge in [0, 0.05) is 36.9 Å². The minimum Gasteiger partial charge on any atom is -0.339 e. The standard InChI is InChI=1S/C17H20ClN5O/c1-2-22-9-11-23(12-10-22)17(24)15-7-8-16(21-20-15)19-14-5-3-13(18)4-6-14/h3-8H,2,9-12H2,1H3,(H,19,21). The van der Waals surface area contributed by atoms with Crippen LogP contribution in [0.15, 0.2) is 36.4 Å². The van der Waals surface area contributed by atoms with Crippen LogP contribution >= 0.6 is 11.6 Å². The highest BCUT2D eigenvalue weighted by Crippen LogP contribution is 2.17. The first-order valence-electron chi connectivity index (χ1n) is 8.03. The van der Waals surface area contributed by atoms with Crippen LogP contribution in [0.2, 0.25) is 5.02 Å². The summed E-state index contributed by atoms with van der Waals surface area (Å²) < 4.78 is 0. The first-order valence-corrected chi connectivity index (χ1v) is 8.41. The van der Waals surface area contributed by atoms with E-state index in [0.717, 1.165) is 38.4 Å². The third-order valence-electron chi connectivity index (χ3n) is 4.11. The highest BCUT2D eigenvalue weighted by atomic mass is 35.5. The number of hydrogen-bond donors (Lipinski definition) is 1. The smallest absolute Gasteiger partial charge is 0.274 e. The summed E-state index contributed by atoms with van der Waals surface area (Å²) in [7, 11) is 0. The molecule has 0 atom stereocenters. The predicted molar refractivity (Wildman–Crippen MR) is 94.8 cm³/mol. The molecule has 0 spiro atoms. The van der Waals surface area contributed by atoms with Crippen LogP contribution in [0.25, 0.3) is 0 Å². The van der Waals surface area contributed by atoms with Crippen molar-refractivity contribution in [3.8, 4) is 0 Å². The Morgan fingerprint density at radius 1 is 1.08 bits per heavy atom. The van der Waals surface area contributed by atoms with Gasteiger partial charge in [0.25, 0.3) is 5.91 Å². The van der Waals surface area contributed by atoms with Crippen molar-refractivity contribution in [3.63, 3.8) is 0 Å². The SMILES string of the molecule is CCN1CCN(C(=O)c2ccc(Nc3ccc(Cl)cc3)nn2)CC1. The largest absolute Gasteiger partial charge is 0.339 e. The van der Waals surface area contributed by atoms with Gasteiger partial charge in [-0.15, -0.1) is 10.2 Å². The predicted octanol–water partition coefficient (Wildman–Crippen LogP) is 2.65.